The lowest BCUT2D eigenvalue weighted by molar-refractivity contribution is 0.323. The molecule has 66 valence electrons. The van der Waals surface area contributed by atoms with Crippen molar-refractivity contribution in [1.82, 2.24) is 4.90 Å². The smallest absolute Gasteiger partial charge is 0.0351 e. The van der Waals surface area contributed by atoms with E-state index < -0.39 is 0 Å². The van der Waals surface area contributed by atoms with E-state index in [0.717, 1.165) is 25.5 Å². The summed E-state index contributed by atoms with van der Waals surface area (Å²) in [5, 5.41) is 0. The molecule has 0 saturated heterocycles. The summed E-state index contributed by atoms with van der Waals surface area (Å²) in [6.45, 7) is 7.55. The summed E-state index contributed by atoms with van der Waals surface area (Å²) >= 11 is 5.51. The summed E-state index contributed by atoms with van der Waals surface area (Å²) in [5.41, 5.74) is 0. The first-order valence-corrected chi connectivity index (χ1v) is 3.66. The SMILES string of the molecule is CCN(CC)CCCl.Cl.O. The largest absolute Gasteiger partial charge is 0.412 e. The van der Waals surface area contributed by atoms with Gasteiger partial charge >= 0.3 is 0 Å². The third-order valence-electron chi connectivity index (χ3n) is 1.30. The van der Waals surface area contributed by atoms with Gasteiger partial charge in [0.25, 0.3) is 0 Å². The molecule has 0 spiro atoms. The molecule has 0 fully saturated rings. The molecule has 4 heteroatoms. The van der Waals surface area contributed by atoms with E-state index in [0.29, 0.717) is 0 Å². The highest BCUT2D eigenvalue weighted by atomic mass is 35.5. The van der Waals surface area contributed by atoms with Gasteiger partial charge in [-0.2, -0.15) is 0 Å². The first-order valence-electron chi connectivity index (χ1n) is 3.13. The van der Waals surface area contributed by atoms with Gasteiger partial charge in [0.2, 0.25) is 0 Å². The second-order valence-electron chi connectivity index (χ2n) is 1.72. The standard InChI is InChI=1S/C6H14ClN.ClH.H2O/c1-3-8(4-2)6-5-7;;/h3-6H2,1-2H3;1H;1H2. The summed E-state index contributed by atoms with van der Waals surface area (Å²) in [6.07, 6.45) is 0. The Labute approximate surface area is 74.3 Å². The predicted molar refractivity (Wildman–Crippen MR) is 49.4 cm³/mol. The summed E-state index contributed by atoms with van der Waals surface area (Å²) in [5.74, 6) is 0.752. The van der Waals surface area contributed by atoms with Gasteiger partial charge in [-0.25, -0.2) is 0 Å². The Morgan fingerprint density at radius 3 is 1.70 bits per heavy atom. The molecular formula is C6H17Cl2NO. The zero-order valence-electron chi connectivity index (χ0n) is 6.56. The van der Waals surface area contributed by atoms with Crippen LogP contribution in [-0.4, -0.2) is 35.9 Å². The van der Waals surface area contributed by atoms with Crippen LogP contribution < -0.4 is 0 Å². The van der Waals surface area contributed by atoms with Gasteiger partial charge in [0.15, 0.2) is 0 Å². The molecule has 0 radical (unpaired) electrons. The Morgan fingerprint density at radius 2 is 1.60 bits per heavy atom. The van der Waals surface area contributed by atoms with Crippen LogP contribution in [0.25, 0.3) is 0 Å². The number of halogens is 2. The Hall–Kier alpha value is 0.500. The fourth-order valence-electron chi connectivity index (χ4n) is 0.659. The van der Waals surface area contributed by atoms with Crippen LogP contribution in [0.5, 0.6) is 0 Å². The zero-order valence-corrected chi connectivity index (χ0v) is 8.13. The highest BCUT2D eigenvalue weighted by molar-refractivity contribution is 6.18. The van der Waals surface area contributed by atoms with E-state index in [2.05, 4.69) is 18.7 Å². The van der Waals surface area contributed by atoms with Crippen LogP contribution >= 0.6 is 24.0 Å². The maximum atomic E-state index is 5.51. The zero-order chi connectivity index (χ0) is 6.41. The second-order valence-corrected chi connectivity index (χ2v) is 2.09. The fraction of sp³-hybridized carbons (Fsp3) is 1.00. The molecule has 0 aromatic carbocycles. The van der Waals surface area contributed by atoms with Crippen molar-refractivity contribution < 1.29 is 5.48 Å². The van der Waals surface area contributed by atoms with E-state index >= 15 is 0 Å². The van der Waals surface area contributed by atoms with Gasteiger partial charge in [-0.15, -0.1) is 24.0 Å². The first kappa shape index (κ1) is 16.8. The third-order valence-corrected chi connectivity index (χ3v) is 1.46. The Kier molecular flexibility index (Phi) is 20.6. The molecule has 0 unspecified atom stereocenters. The van der Waals surface area contributed by atoms with Crippen LogP contribution in [0, 0.1) is 0 Å². The molecule has 2 N–H and O–H groups in total. The normalized spacial score (nSPS) is 8.40. The molecule has 0 aromatic heterocycles. The summed E-state index contributed by atoms with van der Waals surface area (Å²) in [4.78, 5) is 2.30. The number of rotatable bonds is 4. The van der Waals surface area contributed by atoms with Crippen molar-refractivity contribution in [3.05, 3.63) is 0 Å². The molecule has 0 amide bonds. The minimum absolute atomic E-state index is 0. The fourth-order valence-corrected chi connectivity index (χ4v) is 0.898. The van der Waals surface area contributed by atoms with E-state index in [9.17, 15) is 0 Å². The van der Waals surface area contributed by atoms with Gasteiger partial charge in [0.05, 0.1) is 0 Å². The number of alkyl halides is 1. The van der Waals surface area contributed by atoms with Crippen molar-refractivity contribution in [1.29, 1.82) is 0 Å². The lowest BCUT2D eigenvalue weighted by atomic mass is 10.5. The van der Waals surface area contributed by atoms with Crippen LogP contribution in [0.4, 0.5) is 0 Å². The maximum absolute atomic E-state index is 5.51. The average molecular weight is 190 g/mol. The van der Waals surface area contributed by atoms with Gasteiger partial charge in [-0.3, -0.25) is 0 Å². The average Bonchev–Trinajstić information content (AvgIpc) is 1.83. The van der Waals surface area contributed by atoms with E-state index in [-0.39, 0.29) is 17.9 Å². The van der Waals surface area contributed by atoms with Gasteiger partial charge < -0.3 is 10.4 Å². The predicted octanol–water partition coefficient (Wildman–Crippen LogP) is 1.16. The van der Waals surface area contributed by atoms with Gasteiger partial charge in [-0.1, -0.05) is 13.8 Å². The molecule has 0 aliphatic rings. The number of hydrogen-bond donors (Lipinski definition) is 0. The molecule has 10 heavy (non-hydrogen) atoms. The molecule has 0 aliphatic carbocycles. The molecule has 0 atom stereocenters. The quantitative estimate of drug-likeness (QED) is 0.612. The van der Waals surface area contributed by atoms with Crippen molar-refractivity contribution >= 4 is 24.0 Å². The second kappa shape index (κ2) is 12.2. The van der Waals surface area contributed by atoms with Crippen LogP contribution in [-0.2, 0) is 0 Å². The van der Waals surface area contributed by atoms with Gasteiger partial charge in [0, 0.05) is 12.4 Å². The Morgan fingerprint density at radius 1 is 1.20 bits per heavy atom. The van der Waals surface area contributed by atoms with Crippen molar-refractivity contribution in [2.75, 3.05) is 25.5 Å². The first-order chi connectivity index (χ1) is 3.85. The van der Waals surface area contributed by atoms with E-state index in [1.165, 1.54) is 0 Å². The van der Waals surface area contributed by atoms with Crippen LogP contribution in [0.2, 0.25) is 0 Å². The van der Waals surface area contributed by atoms with E-state index in [1.54, 1.807) is 0 Å². The minimum atomic E-state index is 0. The van der Waals surface area contributed by atoms with Gasteiger partial charge in [0.1, 0.15) is 0 Å². The lowest BCUT2D eigenvalue weighted by Gasteiger charge is -2.14. The molecule has 0 aromatic rings. The van der Waals surface area contributed by atoms with Gasteiger partial charge in [-0.05, 0) is 13.1 Å². The summed E-state index contributed by atoms with van der Waals surface area (Å²) in [6, 6.07) is 0. The third kappa shape index (κ3) is 8.50. The molecular weight excluding hydrogens is 173 g/mol. The summed E-state index contributed by atoms with van der Waals surface area (Å²) in [7, 11) is 0. The molecule has 0 aliphatic heterocycles. The highest BCUT2D eigenvalue weighted by Crippen LogP contribution is 1.86. The van der Waals surface area contributed by atoms with E-state index in [4.69, 9.17) is 11.6 Å². The Bertz CT molecular complexity index is 51.0. The van der Waals surface area contributed by atoms with Crippen molar-refractivity contribution in [2.24, 2.45) is 0 Å². The molecule has 0 saturated carbocycles. The van der Waals surface area contributed by atoms with Crippen molar-refractivity contribution in [2.45, 2.75) is 13.8 Å². The lowest BCUT2D eigenvalue weighted by Crippen LogP contribution is -2.24. The highest BCUT2D eigenvalue weighted by Gasteiger charge is 1.93. The minimum Gasteiger partial charge on any atom is -0.412 e. The van der Waals surface area contributed by atoms with Crippen molar-refractivity contribution in [3.8, 4) is 0 Å². The van der Waals surface area contributed by atoms with Crippen LogP contribution in [0.1, 0.15) is 13.8 Å². The number of hydrogen-bond acceptors (Lipinski definition) is 1. The topological polar surface area (TPSA) is 34.7 Å². The monoisotopic (exact) mass is 189 g/mol. The van der Waals surface area contributed by atoms with Crippen molar-refractivity contribution in [3.63, 3.8) is 0 Å². The van der Waals surface area contributed by atoms with Crippen LogP contribution in [0.3, 0.4) is 0 Å². The molecule has 0 bridgehead atoms. The van der Waals surface area contributed by atoms with E-state index in [1.807, 2.05) is 0 Å². The molecule has 2 nitrogen and oxygen atoms in total. The maximum Gasteiger partial charge on any atom is 0.0351 e. The molecule has 0 rings (SSSR count). The number of nitrogens with zero attached hydrogens (tertiary/aromatic N) is 1. The summed E-state index contributed by atoms with van der Waals surface area (Å²) < 4.78 is 0. The Balaban J connectivity index is -0.000000245. The van der Waals surface area contributed by atoms with Crippen LogP contribution in [0.15, 0.2) is 0 Å². The molecule has 0 heterocycles.